The van der Waals surface area contributed by atoms with Gasteiger partial charge in [-0.15, -0.1) is 0 Å². The van der Waals surface area contributed by atoms with Gasteiger partial charge in [0.2, 0.25) is 5.91 Å². The zero-order valence-corrected chi connectivity index (χ0v) is 10.9. The average Bonchev–Trinajstić information content (AvgIpc) is 2.86. The number of nitrogens with zero attached hydrogens (tertiary/aromatic N) is 1. The lowest BCUT2D eigenvalue weighted by molar-refractivity contribution is -0.125. The molecule has 1 aliphatic heterocycles. The lowest BCUT2D eigenvalue weighted by Gasteiger charge is -2.23. The van der Waals surface area contributed by atoms with Gasteiger partial charge in [-0.05, 0) is 37.1 Å². The van der Waals surface area contributed by atoms with Gasteiger partial charge in [-0.3, -0.25) is 9.69 Å². The van der Waals surface area contributed by atoms with Crippen molar-refractivity contribution in [3.8, 4) is 0 Å². The Balaban J connectivity index is 2.04. The van der Waals surface area contributed by atoms with E-state index in [1.807, 2.05) is 12.1 Å². The summed E-state index contributed by atoms with van der Waals surface area (Å²) in [6.45, 7) is 1.58. The topological polar surface area (TPSA) is 69.6 Å². The summed E-state index contributed by atoms with van der Waals surface area (Å²) in [5, 5.41) is 11.5. The van der Waals surface area contributed by atoms with Crippen LogP contribution in [0, 0.1) is 0 Å². The fraction of sp³-hybridized carbons (Fsp3) is 0.429. The van der Waals surface area contributed by atoms with E-state index in [0.717, 1.165) is 24.9 Å². The summed E-state index contributed by atoms with van der Waals surface area (Å²) in [6, 6.07) is 6.75. The van der Waals surface area contributed by atoms with Gasteiger partial charge in [0.05, 0.1) is 11.6 Å². The third-order valence-electron chi connectivity index (χ3n) is 3.50. The maximum Gasteiger partial charge on any atom is 0.335 e. The summed E-state index contributed by atoms with van der Waals surface area (Å²) in [6.07, 6.45) is 1.90. The molecule has 2 rings (SSSR count). The molecule has 1 heterocycles. The molecule has 0 saturated carbocycles. The summed E-state index contributed by atoms with van der Waals surface area (Å²) in [7, 11) is 1.65. The monoisotopic (exact) mass is 262 g/mol. The zero-order chi connectivity index (χ0) is 13.8. The maximum absolute atomic E-state index is 11.7. The van der Waals surface area contributed by atoms with Crippen molar-refractivity contribution in [2.45, 2.75) is 25.4 Å². The van der Waals surface area contributed by atoms with Crippen molar-refractivity contribution in [2.24, 2.45) is 0 Å². The van der Waals surface area contributed by atoms with Gasteiger partial charge in [0.1, 0.15) is 0 Å². The number of benzene rings is 1. The van der Waals surface area contributed by atoms with E-state index in [-0.39, 0.29) is 17.5 Å². The molecule has 1 unspecified atom stereocenters. The Morgan fingerprint density at radius 1 is 1.37 bits per heavy atom. The smallest absolute Gasteiger partial charge is 0.335 e. The molecule has 1 saturated heterocycles. The highest BCUT2D eigenvalue weighted by molar-refractivity contribution is 5.87. The van der Waals surface area contributed by atoms with E-state index < -0.39 is 5.97 Å². The van der Waals surface area contributed by atoms with E-state index in [9.17, 15) is 9.59 Å². The predicted octanol–water partition coefficient (Wildman–Crippen LogP) is 1.10. The van der Waals surface area contributed by atoms with E-state index in [2.05, 4.69) is 10.2 Å². The number of carbonyl (C=O) groups is 2. The summed E-state index contributed by atoms with van der Waals surface area (Å²) < 4.78 is 0. The predicted molar refractivity (Wildman–Crippen MR) is 70.9 cm³/mol. The number of likely N-dealkylation sites (tertiary alicyclic amines) is 1. The van der Waals surface area contributed by atoms with Gasteiger partial charge in [-0.1, -0.05) is 12.1 Å². The van der Waals surface area contributed by atoms with Crippen LogP contribution in [0.5, 0.6) is 0 Å². The number of aromatic carboxylic acids is 1. The van der Waals surface area contributed by atoms with Crippen molar-refractivity contribution in [1.29, 1.82) is 0 Å². The second-order valence-corrected chi connectivity index (χ2v) is 4.74. The Morgan fingerprint density at radius 2 is 2.05 bits per heavy atom. The first-order valence-electron chi connectivity index (χ1n) is 6.39. The number of carboxylic acids is 1. The van der Waals surface area contributed by atoms with Crippen LogP contribution < -0.4 is 5.32 Å². The first kappa shape index (κ1) is 13.5. The quantitative estimate of drug-likeness (QED) is 0.852. The van der Waals surface area contributed by atoms with Gasteiger partial charge in [0, 0.05) is 13.6 Å². The van der Waals surface area contributed by atoms with Crippen LogP contribution in [0.2, 0.25) is 0 Å². The Bertz CT molecular complexity index is 470. The van der Waals surface area contributed by atoms with Gasteiger partial charge >= 0.3 is 5.97 Å². The largest absolute Gasteiger partial charge is 0.478 e. The van der Waals surface area contributed by atoms with Crippen molar-refractivity contribution < 1.29 is 14.7 Å². The van der Waals surface area contributed by atoms with Crippen LogP contribution >= 0.6 is 0 Å². The molecule has 19 heavy (non-hydrogen) atoms. The van der Waals surface area contributed by atoms with Crippen molar-refractivity contribution in [3.05, 3.63) is 35.4 Å². The van der Waals surface area contributed by atoms with Crippen LogP contribution in [0.3, 0.4) is 0 Å². The molecule has 1 fully saturated rings. The standard InChI is InChI=1S/C14H18N2O3/c1-15-13(17)12-3-2-8-16(12)9-10-4-6-11(7-5-10)14(18)19/h4-7,12H,2-3,8-9H2,1H3,(H,15,17)(H,18,19). The average molecular weight is 262 g/mol. The molecule has 0 spiro atoms. The molecule has 0 bridgehead atoms. The SMILES string of the molecule is CNC(=O)C1CCCN1Cc1ccc(C(=O)O)cc1. The Labute approximate surface area is 112 Å². The molecular formula is C14H18N2O3. The molecule has 0 aliphatic carbocycles. The number of carbonyl (C=O) groups excluding carboxylic acids is 1. The lowest BCUT2D eigenvalue weighted by Crippen LogP contribution is -2.41. The van der Waals surface area contributed by atoms with Gasteiger partial charge in [-0.2, -0.15) is 0 Å². The Morgan fingerprint density at radius 3 is 2.63 bits per heavy atom. The molecular weight excluding hydrogens is 244 g/mol. The van der Waals surface area contributed by atoms with Crippen LogP contribution in [-0.4, -0.2) is 41.5 Å². The minimum absolute atomic E-state index is 0.0552. The molecule has 5 heteroatoms. The second-order valence-electron chi connectivity index (χ2n) is 4.74. The van der Waals surface area contributed by atoms with Crippen LogP contribution in [0.25, 0.3) is 0 Å². The third kappa shape index (κ3) is 3.12. The number of hydrogen-bond acceptors (Lipinski definition) is 3. The summed E-state index contributed by atoms with van der Waals surface area (Å²) in [5.74, 6) is -0.865. The van der Waals surface area contributed by atoms with Crippen LogP contribution in [-0.2, 0) is 11.3 Å². The highest BCUT2D eigenvalue weighted by Gasteiger charge is 2.29. The summed E-state index contributed by atoms with van der Waals surface area (Å²) in [4.78, 5) is 24.6. The molecule has 102 valence electrons. The molecule has 0 radical (unpaired) electrons. The van der Waals surface area contributed by atoms with Crippen molar-refractivity contribution in [3.63, 3.8) is 0 Å². The maximum atomic E-state index is 11.7. The number of likely N-dealkylation sites (N-methyl/N-ethyl adjacent to an activating group) is 1. The zero-order valence-electron chi connectivity index (χ0n) is 10.9. The van der Waals surface area contributed by atoms with Gasteiger partial charge < -0.3 is 10.4 Å². The molecule has 0 aromatic heterocycles. The normalized spacial score (nSPS) is 19.3. The minimum atomic E-state index is -0.920. The van der Waals surface area contributed by atoms with Crippen LogP contribution in [0.1, 0.15) is 28.8 Å². The Kier molecular flexibility index (Phi) is 4.16. The lowest BCUT2D eigenvalue weighted by atomic mass is 10.1. The molecule has 1 amide bonds. The van der Waals surface area contributed by atoms with Crippen molar-refractivity contribution in [1.82, 2.24) is 10.2 Å². The minimum Gasteiger partial charge on any atom is -0.478 e. The van der Waals surface area contributed by atoms with Crippen LogP contribution in [0.4, 0.5) is 0 Å². The first-order chi connectivity index (χ1) is 9.11. The Hall–Kier alpha value is -1.88. The third-order valence-corrected chi connectivity index (χ3v) is 3.50. The number of amides is 1. The van der Waals surface area contributed by atoms with Gasteiger partial charge in [-0.25, -0.2) is 4.79 Å². The summed E-state index contributed by atoms with van der Waals surface area (Å²) >= 11 is 0. The van der Waals surface area contributed by atoms with Crippen molar-refractivity contribution >= 4 is 11.9 Å². The highest BCUT2D eigenvalue weighted by atomic mass is 16.4. The van der Waals surface area contributed by atoms with E-state index in [0.29, 0.717) is 6.54 Å². The number of hydrogen-bond donors (Lipinski definition) is 2. The van der Waals surface area contributed by atoms with E-state index in [1.54, 1.807) is 19.2 Å². The number of rotatable bonds is 4. The molecule has 1 atom stereocenters. The van der Waals surface area contributed by atoms with Crippen molar-refractivity contribution in [2.75, 3.05) is 13.6 Å². The molecule has 1 aromatic rings. The molecule has 2 N–H and O–H groups in total. The fourth-order valence-corrected chi connectivity index (χ4v) is 2.47. The van der Waals surface area contributed by atoms with E-state index in [4.69, 9.17) is 5.11 Å². The van der Waals surface area contributed by atoms with Gasteiger partial charge in [0.15, 0.2) is 0 Å². The molecule has 5 nitrogen and oxygen atoms in total. The first-order valence-corrected chi connectivity index (χ1v) is 6.39. The molecule has 1 aromatic carbocycles. The summed E-state index contributed by atoms with van der Waals surface area (Å²) in [5.41, 5.74) is 1.31. The van der Waals surface area contributed by atoms with Gasteiger partial charge in [0.25, 0.3) is 0 Å². The van der Waals surface area contributed by atoms with E-state index >= 15 is 0 Å². The number of carboxylic acid groups (broad SMARTS) is 1. The number of nitrogens with one attached hydrogen (secondary N) is 1. The highest BCUT2D eigenvalue weighted by Crippen LogP contribution is 2.20. The van der Waals surface area contributed by atoms with E-state index in [1.165, 1.54) is 0 Å². The molecule has 1 aliphatic rings. The van der Waals surface area contributed by atoms with Crippen LogP contribution in [0.15, 0.2) is 24.3 Å². The second kappa shape index (κ2) is 5.84. The fourth-order valence-electron chi connectivity index (χ4n) is 2.47.